The molecule has 1 aromatic heterocycles. The van der Waals surface area contributed by atoms with Crippen molar-refractivity contribution in [3.63, 3.8) is 0 Å². The number of thiazole rings is 1. The summed E-state index contributed by atoms with van der Waals surface area (Å²) in [6.45, 7) is 0.734. The van der Waals surface area contributed by atoms with Crippen molar-refractivity contribution in [3.05, 3.63) is 4.88 Å². The monoisotopic (exact) mass is 294 g/mol. The van der Waals surface area contributed by atoms with E-state index in [1.54, 1.807) is 0 Å². The highest BCUT2D eigenvalue weighted by Crippen LogP contribution is 2.33. The van der Waals surface area contributed by atoms with Crippen LogP contribution in [0.25, 0.3) is 0 Å². The summed E-state index contributed by atoms with van der Waals surface area (Å²) in [7, 11) is 0. The average Bonchev–Trinajstić information content (AvgIpc) is 3.12. The number of amides is 1. The number of nitrogens with two attached hydrogens (primary N) is 1. The average molecular weight is 294 g/mol. The molecule has 2 aliphatic rings. The summed E-state index contributed by atoms with van der Waals surface area (Å²) in [4.78, 5) is 16.8. The van der Waals surface area contributed by atoms with Gasteiger partial charge < -0.3 is 16.4 Å². The highest BCUT2D eigenvalue weighted by Gasteiger charge is 2.22. The van der Waals surface area contributed by atoms with Gasteiger partial charge in [-0.1, -0.05) is 24.2 Å². The number of aromatic nitrogens is 1. The lowest BCUT2D eigenvalue weighted by atomic mass is 9.93. The number of anilines is 2. The quantitative estimate of drug-likeness (QED) is 0.675. The van der Waals surface area contributed by atoms with Crippen molar-refractivity contribution in [2.75, 3.05) is 17.6 Å². The van der Waals surface area contributed by atoms with E-state index >= 15 is 0 Å². The maximum Gasteiger partial charge on any atom is 0.265 e. The molecule has 2 fully saturated rings. The van der Waals surface area contributed by atoms with Crippen molar-refractivity contribution in [2.45, 2.75) is 51.0 Å². The van der Waals surface area contributed by atoms with E-state index in [9.17, 15) is 4.79 Å². The third-order valence-corrected chi connectivity index (χ3v) is 5.07. The first-order chi connectivity index (χ1) is 9.72. The molecule has 2 saturated carbocycles. The van der Waals surface area contributed by atoms with Crippen LogP contribution in [0.15, 0.2) is 0 Å². The Morgan fingerprint density at radius 1 is 1.35 bits per heavy atom. The molecule has 110 valence electrons. The Bertz CT molecular complexity index is 480. The highest BCUT2D eigenvalue weighted by atomic mass is 32.1. The number of carbonyl (C=O) groups is 1. The third kappa shape index (κ3) is 3.42. The number of hydrogen-bond acceptors (Lipinski definition) is 5. The molecule has 0 spiro atoms. The SMILES string of the molecule is Nc1nc(NC2CCC2)sc1C(=O)NCCCC1CC1. The summed E-state index contributed by atoms with van der Waals surface area (Å²) < 4.78 is 0. The zero-order valence-corrected chi connectivity index (χ0v) is 12.5. The second kappa shape index (κ2) is 5.99. The molecule has 0 aliphatic heterocycles. The summed E-state index contributed by atoms with van der Waals surface area (Å²) in [5, 5.41) is 7.05. The number of nitrogens with one attached hydrogen (secondary N) is 2. The van der Waals surface area contributed by atoms with Crippen molar-refractivity contribution in [1.29, 1.82) is 0 Å². The zero-order chi connectivity index (χ0) is 13.9. The molecule has 0 unspecified atom stereocenters. The Hall–Kier alpha value is -1.30. The van der Waals surface area contributed by atoms with E-state index in [1.807, 2.05) is 0 Å². The molecular formula is C14H22N4OS. The first kappa shape index (κ1) is 13.7. The standard InChI is InChI=1S/C14H22N4OS/c15-12-11(13(19)16-8-2-3-9-6-7-9)20-14(18-12)17-10-4-1-5-10/h9-10H,1-8,15H2,(H,16,19)(H,17,18). The third-order valence-electron chi connectivity index (χ3n) is 4.06. The van der Waals surface area contributed by atoms with Gasteiger partial charge in [-0.3, -0.25) is 4.79 Å². The molecule has 5 nitrogen and oxygen atoms in total. The van der Waals surface area contributed by atoms with Gasteiger partial charge in [-0.2, -0.15) is 0 Å². The fourth-order valence-electron chi connectivity index (χ4n) is 2.36. The first-order valence-corrected chi connectivity index (χ1v) is 8.35. The lowest BCUT2D eigenvalue weighted by Gasteiger charge is -2.25. The second-order valence-corrected chi connectivity index (χ2v) is 6.85. The van der Waals surface area contributed by atoms with Crippen LogP contribution in [0.2, 0.25) is 0 Å². The van der Waals surface area contributed by atoms with Gasteiger partial charge >= 0.3 is 0 Å². The van der Waals surface area contributed by atoms with Gasteiger partial charge in [0, 0.05) is 12.6 Å². The normalized spacial score (nSPS) is 18.6. The Morgan fingerprint density at radius 2 is 2.15 bits per heavy atom. The molecule has 2 aliphatic carbocycles. The molecule has 3 rings (SSSR count). The van der Waals surface area contributed by atoms with Crippen LogP contribution in [0.1, 0.15) is 54.6 Å². The number of nitrogens with zero attached hydrogens (tertiary/aromatic N) is 1. The van der Waals surface area contributed by atoms with Crippen LogP contribution < -0.4 is 16.4 Å². The predicted octanol–water partition coefficient (Wildman–Crippen LogP) is 2.61. The summed E-state index contributed by atoms with van der Waals surface area (Å²) in [6, 6.07) is 0.509. The van der Waals surface area contributed by atoms with Gasteiger partial charge in [0.1, 0.15) is 10.7 Å². The molecule has 6 heteroatoms. The Morgan fingerprint density at radius 3 is 2.80 bits per heavy atom. The van der Waals surface area contributed by atoms with Crippen LogP contribution in [-0.2, 0) is 0 Å². The largest absolute Gasteiger partial charge is 0.382 e. The zero-order valence-electron chi connectivity index (χ0n) is 11.7. The number of nitrogen functional groups attached to an aromatic ring is 1. The maximum absolute atomic E-state index is 12.1. The van der Waals surface area contributed by atoms with E-state index in [4.69, 9.17) is 5.73 Å². The molecule has 1 amide bonds. The molecule has 0 saturated heterocycles. The van der Waals surface area contributed by atoms with Crippen LogP contribution >= 0.6 is 11.3 Å². The van der Waals surface area contributed by atoms with E-state index in [-0.39, 0.29) is 5.91 Å². The van der Waals surface area contributed by atoms with Crippen molar-refractivity contribution < 1.29 is 4.79 Å². The number of rotatable bonds is 7. The van der Waals surface area contributed by atoms with Gasteiger partial charge in [0.15, 0.2) is 5.13 Å². The molecule has 1 aromatic rings. The Kier molecular flexibility index (Phi) is 4.10. The summed E-state index contributed by atoms with van der Waals surface area (Å²) in [5.41, 5.74) is 5.84. The molecule has 0 radical (unpaired) electrons. The van der Waals surface area contributed by atoms with Gasteiger partial charge in [0.05, 0.1) is 0 Å². The van der Waals surface area contributed by atoms with Crippen LogP contribution in [0, 0.1) is 5.92 Å². The highest BCUT2D eigenvalue weighted by molar-refractivity contribution is 7.18. The Labute approximate surface area is 123 Å². The molecule has 1 heterocycles. The van der Waals surface area contributed by atoms with Crippen LogP contribution in [0.4, 0.5) is 10.9 Å². The number of carbonyl (C=O) groups excluding carboxylic acids is 1. The predicted molar refractivity (Wildman–Crippen MR) is 82.1 cm³/mol. The minimum atomic E-state index is -0.0857. The molecular weight excluding hydrogens is 272 g/mol. The maximum atomic E-state index is 12.1. The fraction of sp³-hybridized carbons (Fsp3) is 0.714. The first-order valence-electron chi connectivity index (χ1n) is 7.53. The van der Waals surface area contributed by atoms with Crippen LogP contribution in [-0.4, -0.2) is 23.5 Å². The van der Waals surface area contributed by atoms with E-state index < -0.39 is 0 Å². The van der Waals surface area contributed by atoms with Gasteiger partial charge in [0.25, 0.3) is 5.91 Å². The van der Waals surface area contributed by atoms with Gasteiger partial charge in [0.2, 0.25) is 0 Å². The van der Waals surface area contributed by atoms with Crippen molar-refractivity contribution in [1.82, 2.24) is 10.3 Å². The minimum absolute atomic E-state index is 0.0857. The van der Waals surface area contributed by atoms with Gasteiger partial charge in [-0.05, 0) is 38.0 Å². The van der Waals surface area contributed by atoms with Crippen molar-refractivity contribution in [2.24, 2.45) is 5.92 Å². The fourth-order valence-corrected chi connectivity index (χ4v) is 3.24. The van der Waals surface area contributed by atoms with E-state index in [0.717, 1.165) is 24.0 Å². The van der Waals surface area contributed by atoms with E-state index in [0.29, 0.717) is 16.7 Å². The molecule has 0 atom stereocenters. The summed E-state index contributed by atoms with van der Waals surface area (Å²) in [5.74, 6) is 1.17. The van der Waals surface area contributed by atoms with E-state index in [1.165, 1.54) is 49.9 Å². The van der Waals surface area contributed by atoms with Crippen molar-refractivity contribution >= 4 is 28.2 Å². The van der Waals surface area contributed by atoms with Crippen LogP contribution in [0.5, 0.6) is 0 Å². The van der Waals surface area contributed by atoms with Gasteiger partial charge in [-0.15, -0.1) is 0 Å². The molecule has 20 heavy (non-hydrogen) atoms. The Balaban J connectivity index is 1.47. The number of hydrogen-bond donors (Lipinski definition) is 3. The smallest absolute Gasteiger partial charge is 0.265 e. The topological polar surface area (TPSA) is 80.0 Å². The molecule has 4 N–H and O–H groups in total. The lowest BCUT2D eigenvalue weighted by molar-refractivity contribution is 0.0957. The molecule has 0 bridgehead atoms. The lowest BCUT2D eigenvalue weighted by Crippen LogP contribution is -2.26. The molecule has 0 aromatic carbocycles. The minimum Gasteiger partial charge on any atom is -0.382 e. The summed E-state index contributed by atoms with van der Waals surface area (Å²) in [6.07, 6.45) is 8.66. The van der Waals surface area contributed by atoms with Crippen LogP contribution in [0.3, 0.4) is 0 Å². The van der Waals surface area contributed by atoms with E-state index in [2.05, 4.69) is 15.6 Å². The second-order valence-electron chi connectivity index (χ2n) is 5.85. The summed E-state index contributed by atoms with van der Waals surface area (Å²) >= 11 is 1.36. The van der Waals surface area contributed by atoms with Crippen molar-refractivity contribution in [3.8, 4) is 0 Å². The van der Waals surface area contributed by atoms with Gasteiger partial charge in [-0.25, -0.2) is 4.98 Å².